The fraction of sp³-hybridized carbons (Fsp3) is 0.350. The second-order valence-corrected chi connectivity index (χ2v) is 7.18. The average molecular weight is 407 g/mol. The highest BCUT2D eigenvalue weighted by Crippen LogP contribution is 2.20. The Morgan fingerprint density at radius 3 is 2.55 bits per heavy atom. The van der Waals surface area contributed by atoms with E-state index in [1.54, 1.807) is 24.7 Å². The molecule has 1 saturated heterocycles. The van der Waals surface area contributed by atoms with Crippen molar-refractivity contribution in [1.82, 2.24) is 29.2 Å². The van der Waals surface area contributed by atoms with Crippen LogP contribution >= 0.6 is 12.2 Å². The molecule has 4 rings (SSSR count). The zero-order valence-electron chi connectivity index (χ0n) is 16.3. The van der Waals surface area contributed by atoms with E-state index in [9.17, 15) is 5.26 Å². The maximum Gasteiger partial charge on any atom is 0.199 e. The van der Waals surface area contributed by atoms with Crippen LogP contribution in [-0.4, -0.2) is 55.4 Å². The minimum atomic E-state index is 0.617. The molecule has 0 N–H and O–H groups in total. The van der Waals surface area contributed by atoms with Crippen LogP contribution in [0.4, 0.5) is 5.82 Å². The van der Waals surface area contributed by atoms with E-state index in [4.69, 9.17) is 17.3 Å². The summed E-state index contributed by atoms with van der Waals surface area (Å²) in [5.74, 6) is 1.63. The number of pyridine rings is 2. The quantitative estimate of drug-likeness (QED) is 0.603. The summed E-state index contributed by atoms with van der Waals surface area (Å²) in [6.07, 6.45) is 5.27. The van der Waals surface area contributed by atoms with Crippen molar-refractivity contribution < 1.29 is 0 Å². The molecule has 0 unspecified atom stereocenters. The Morgan fingerprint density at radius 2 is 1.86 bits per heavy atom. The standard InChI is InChI=1S/C20H22N8S/c1-2-27-19(16-5-8-22-9-6-16)24-28(20(27)29)15-25-10-12-26(13-11-25)18-17(14-21)4-3-7-23-18/h3-9H,2,10-13,15H2,1H3. The number of nitrogens with zero attached hydrogens (tertiary/aromatic N) is 8. The van der Waals surface area contributed by atoms with Crippen LogP contribution in [0.1, 0.15) is 12.5 Å². The van der Waals surface area contributed by atoms with Crippen LogP contribution < -0.4 is 4.90 Å². The van der Waals surface area contributed by atoms with E-state index in [1.165, 1.54) is 0 Å². The molecule has 148 valence electrons. The lowest BCUT2D eigenvalue weighted by Crippen LogP contribution is -2.47. The third-order valence-corrected chi connectivity index (χ3v) is 5.52. The Kier molecular flexibility index (Phi) is 5.64. The van der Waals surface area contributed by atoms with Crippen molar-refractivity contribution in [2.24, 2.45) is 0 Å². The maximum absolute atomic E-state index is 9.32. The van der Waals surface area contributed by atoms with E-state index in [0.29, 0.717) is 12.2 Å². The van der Waals surface area contributed by atoms with E-state index in [1.807, 2.05) is 27.4 Å². The van der Waals surface area contributed by atoms with Gasteiger partial charge in [0, 0.05) is 56.9 Å². The van der Waals surface area contributed by atoms with Gasteiger partial charge in [-0.05, 0) is 43.4 Å². The Hall–Kier alpha value is -3.09. The van der Waals surface area contributed by atoms with Gasteiger partial charge in [0.25, 0.3) is 0 Å². The molecule has 0 aromatic carbocycles. The Morgan fingerprint density at radius 1 is 1.10 bits per heavy atom. The van der Waals surface area contributed by atoms with Gasteiger partial charge < -0.3 is 9.47 Å². The van der Waals surface area contributed by atoms with E-state index < -0.39 is 0 Å². The largest absolute Gasteiger partial charge is 0.353 e. The smallest absolute Gasteiger partial charge is 0.199 e. The number of nitriles is 1. The van der Waals surface area contributed by atoms with Gasteiger partial charge in [0.05, 0.1) is 12.2 Å². The summed E-state index contributed by atoms with van der Waals surface area (Å²) in [5.41, 5.74) is 1.63. The summed E-state index contributed by atoms with van der Waals surface area (Å²) >= 11 is 5.68. The summed E-state index contributed by atoms with van der Waals surface area (Å²) in [6.45, 7) is 6.81. The molecule has 3 aromatic rings. The molecular weight excluding hydrogens is 384 g/mol. The average Bonchev–Trinajstić information content (AvgIpc) is 3.10. The highest BCUT2D eigenvalue weighted by atomic mass is 32.1. The molecule has 3 aromatic heterocycles. The Bertz CT molecular complexity index is 1070. The maximum atomic E-state index is 9.32. The molecule has 0 aliphatic carbocycles. The van der Waals surface area contributed by atoms with Crippen LogP contribution in [-0.2, 0) is 13.2 Å². The van der Waals surface area contributed by atoms with Crippen LogP contribution in [0.15, 0.2) is 42.9 Å². The van der Waals surface area contributed by atoms with Gasteiger partial charge >= 0.3 is 0 Å². The highest BCUT2D eigenvalue weighted by Gasteiger charge is 2.21. The van der Waals surface area contributed by atoms with Crippen molar-refractivity contribution in [2.45, 2.75) is 20.1 Å². The van der Waals surface area contributed by atoms with Gasteiger partial charge in [0.1, 0.15) is 11.9 Å². The number of hydrogen-bond donors (Lipinski definition) is 0. The molecule has 0 bridgehead atoms. The van der Waals surface area contributed by atoms with Gasteiger partial charge in [0.2, 0.25) is 0 Å². The third kappa shape index (κ3) is 3.90. The first-order valence-corrected chi connectivity index (χ1v) is 10.0. The zero-order chi connectivity index (χ0) is 20.2. The SMILES string of the molecule is CCn1c(-c2ccncc2)nn(CN2CCN(c3ncccc3C#N)CC2)c1=S. The number of aromatic nitrogens is 5. The lowest BCUT2D eigenvalue weighted by molar-refractivity contribution is 0.194. The van der Waals surface area contributed by atoms with E-state index in [-0.39, 0.29) is 0 Å². The molecule has 0 amide bonds. The van der Waals surface area contributed by atoms with Gasteiger partial charge in [-0.2, -0.15) is 10.4 Å². The van der Waals surface area contributed by atoms with E-state index >= 15 is 0 Å². The first kappa shape index (κ1) is 19.2. The summed E-state index contributed by atoms with van der Waals surface area (Å²) in [7, 11) is 0. The fourth-order valence-corrected chi connectivity index (χ4v) is 3.87. The van der Waals surface area contributed by atoms with Crippen LogP contribution in [0.5, 0.6) is 0 Å². The van der Waals surface area contributed by atoms with Crippen molar-refractivity contribution in [3.05, 3.63) is 53.2 Å². The van der Waals surface area contributed by atoms with Crippen molar-refractivity contribution in [3.8, 4) is 17.5 Å². The zero-order valence-corrected chi connectivity index (χ0v) is 17.1. The van der Waals surface area contributed by atoms with Crippen LogP contribution in [0.2, 0.25) is 0 Å². The molecule has 0 saturated carbocycles. The van der Waals surface area contributed by atoms with Crippen molar-refractivity contribution in [1.29, 1.82) is 5.26 Å². The molecule has 8 nitrogen and oxygen atoms in total. The summed E-state index contributed by atoms with van der Waals surface area (Å²) in [5, 5.41) is 14.1. The van der Waals surface area contributed by atoms with Gasteiger partial charge in [-0.25, -0.2) is 9.67 Å². The third-order valence-electron chi connectivity index (χ3n) is 5.09. The lowest BCUT2D eigenvalue weighted by atomic mass is 10.2. The molecule has 0 spiro atoms. The van der Waals surface area contributed by atoms with Crippen LogP contribution in [0.25, 0.3) is 11.4 Å². The monoisotopic (exact) mass is 406 g/mol. The van der Waals surface area contributed by atoms with Crippen LogP contribution in [0, 0.1) is 16.1 Å². The van der Waals surface area contributed by atoms with Gasteiger partial charge in [-0.1, -0.05) is 0 Å². The number of piperazine rings is 1. The summed E-state index contributed by atoms with van der Waals surface area (Å²) in [6, 6.07) is 9.74. The molecule has 1 aliphatic rings. The first-order chi connectivity index (χ1) is 14.2. The minimum absolute atomic E-state index is 0.617. The molecule has 9 heteroatoms. The summed E-state index contributed by atoms with van der Waals surface area (Å²) < 4.78 is 4.66. The van der Waals surface area contributed by atoms with Gasteiger partial charge in [-0.15, -0.1) is 0 Å². The number of rotatable bonds is 5. The first-order valence-electron chi connectivity index (χ1n) is 9.61. The molecule has 4 heterocycles. The molecule has 1 aliphatic heterocycles. The van der Waals surface area contributed by atoms with Crippen molar-refractivity contribution in [2.75, 3.05) is 31.1 Å². The molecule has 0 radical (unpaired) electrons. The van der Waals surface area contributed by atoms with E-state index in [0.717, 1.165) is 54.7 Å². The number of hydrogen-bond acceptors (Lipinski definition) is 7. The Balaban J connectivity index is 1.48. The predicted octanol–water partition coefficient (Wildman–Crippen LogP) is 2.54. The normalized spacial score (nSPS) is 14.7. The lowest BCUT2D eigenvalue weighted by Gasteiger charge is -2.35. The predicted molar refractivity (Wildman–Crippen MR) is 113 cm³/mol. The van der Waals surface area contributed by atoms with Crippen molar-refractivity contribution in [3.63, 3.8) is 0 Å². The highest BCUT2D eigenvalue weighted by molar-refractivity contribution is 7.71. The Labute approximate surface area is 174 Å². The fourth-order valence-electron chi connectivity index (χ4n) is 3.56. The minimum Gasteiger partial charge on any atom is -0.353 e. The summed E-state index contributed by atoms with van der Waals surface area (Å²) in [4.78, 5) is 13.0. The second kappa shape index (κ2) is 8.51. The topological polar surface area (TPSA) is 78.8 Å². The molecule has 29 heavy (non-hydrogen) atoms. The van der Waals surface area contributed by atoms with Crippen molar-refractivity contribution >= 4 is 18.0 Å². The molecular formula is C20H22N8S. The molecule has 0 atom stereocenters. The van der Waals surface area contributed by atoms with Gasteiger partial charge in [0.15, 0.2) is 10.6 Å². The van der Waals surface area contributed by atoms with Crippen LogP contribution in [0.3, 0.4) is 0 Å². The van der Waals surface area contributed by atoms with E-state index in [2.05, 4.69) is 32.8 Å². The van der Waals surface area contributed by atoms with Gasteiger partial charge in [-0.3, -0.25) is 9.88 Å². The number of anilines is 1. The second-order valence-electron chi connectivity index (χ2n) is 6.82. The molecule has 1 fully saturated rings.